The second kappa shape index (κ2) is 7.38. The fraction of sp³-hybridized carbons (Fsp3) is 0.400. The fourth-order valence-electron chi connectivity index (χ4n) is 2.23. The Morgan fingerprint density at radius 2 is 2.30 bits per heavy atom. The molecule has 5 heteroatoms. The number of rotatable bonds is 7. The highest BCUT2D eigenvalue weighted by Crippen LogP contribution is 2.24. The van der Waals surface area contributed by atoms with E-state index in [4.69, 9.17) is 10.5 Å². The summed E-state index contributed by atoms with van der Waals surface area (Å²) in [5, 5.41) is 2.07. The van der Waals surface area contributed by atoms with E-state index in [0.717, 1.165) is 18.0 Å². The molecule has 0 aliphatic rings. The van der Waals surface area contributed by atoms with Crippen LogP contribution in [0.5, 0.6) is 5.75 Å². The van der Waals surface area contributed by atoms with Crippen molar-refractivity contribution in [3.05, 3.63) is 46.4 Å². The van der Waals surface area contributed by atoms with E-state index in [9.17, 15) is 0 Å². The Balaban J connectivity index is 2.12. The predicted molar refractivity (Wildman–Crippen MR) is 83.0 cm³/mol. The Kier molecular flexibility index (Phi) is 5.52. The highest BCUT2D eigenvalue weighted by Gasteiger charge is 2.16. The van der Waals surface area contributed by atoms with Gasteiger partial charge in [-0.3, -0.25) is 4.90 Å². The van der Waals surface area contributed by atoms with Crippen molar-refractivity contribution in [3.63, 3.8) is 0 Å². The number of nitrogens with zero attached hydrogens (tertiary/aromatic N) is 2. The van der Waals surface area contributed by atoms with Gasteiger partial charge in [0.15, 0.2) is 0 Å². The molecule has 1 aromatic carbocycles. The van der Waals surface area contributed by atoms with E-state index in [1.54, 1.807) is 11.3 Å². The topological polar surface area (TPSA) is 51.4 Å². The summed E-state index contributed by atoms with van der Waals surface area (Å²) in [5.74, 6) is 0.894. The molecule has 1 unspecified atom stereocenters. The quantitative estimate of drug-likeness (QED) is 0.852. The molecule has 0 fully saturated rings. The number of benzene rings is 1. The second-order valence-electron chi connectivity index (χ2n) is 4.65. The summed E-state index contributed by atoms with van der Waals surface area (Å²) in [7, 11) is 2.07. The molecule has 1 atom stereocenters. The highest BCUT2D eigenvalue weighted by atomic mass is 32.1. The molecule has 2 N–H and O–H groups in total. The van der Waals surface area contributed by atoms with Crippen LogP contribution in [0.4, 0.5) is 0 Å². The molecule has 0 aliphatic carbocycles. The van der Waals surface area contributed by atoms with E-state index in [2.05, 4.69) is 34.4 Å². The number of likely N-dealkylation sites (N-methyl/N-ethyl adjacent to an activating group) is 1. The minimum atomic E-state index is 0.164. The maximum atomic E-state index is 5.96. The van der Waals surface area contributed by atoms with Gasteiger partial charge in [-0.2, -0.15) is 0 Å². The van der Waals surface area contributed by atoms with Crippen LogP contribution in [0, 0.1) is 0 Å². The smallest absolute Gasteiger partial charge is 0.119 e. The molecule has 0 saturated carbocycles. The second-order valence-corrected chi connectivity index (χ2v) is 5.37. The zero-order valence-electron chi connectivity index (χ0n) is 12.0. The maximum absolute atomic E-state index is 5.96. The Hall–Kier alpha value is -1.43. The number of nitrogens with two attached hydrogens (primary N) is 1. The van der Waals surface area contributed by atoms with Crippen molar-refractivity contribution in [1.82, 2.24) is 9.88 Å². The lowest BCUT2D eigenvalue weighted by Gasteiger charge is -2.27. The van der Waals surface area contributed by atoms with Crippen LogP contribution in [-0.2, 0) is 6.54 Å². The lowest BCUT2D eigenvalue weighted by Crippen LogP contribution is -2.30. The molecule has 4 nitrogen and oxygen atoms in total. The molecule has 2 rings (SSSR count). The zero-order chi connectivity index (χ0) is 14.4. The molecular weight excluding hydrogens is 270 g/mol. The Morgan fingerprint density at radius 1 is 1.45 bits per heavy atom. The third kappa shape index (κ3) is 3.79. The zero-order valence-corrected chi connectivity index (χ0v) is 12.8. The first-order valence-electron chi connectivity index (χ1n) is 6.74. The van der Waals surface area contributed by atoms with E-state index in [0.29, 0.717) is 13.2 Å². The van der Waals surface area contributed by atoms with Crippen LogP contribution in [0.2, 0.25) is 0 Å². The molecule has 0 bridgehead atoms. The summed E-state index contributed by atoms with van der Waals surface area (Å²) < 4.78 is 5.56. The van der Waals surface area contributed by atoms with E-state index in [1.165, 1.54) is 5.56 Å². The first-order chi connectivity index (χ1) is 9.74. The highest BCUT2D eigenvalue weighted by molar-refractivity contribution is 7.07. The standard InChI is InChI=1S/C15H21N3OS/c1-3-19-14-6-4-5-12(7-14)15(8-16)18(2)9-13-10-20-11-17-13/h4-7,10-11,15H,3,8-9,16H2,1-2H3. The van der Waals surface area contributed by atoms with Crippen LogP contribution in [0.1, 0.15) is 24.2 Å². The van der Waals surface area contributed by atoms with Crippen molar-refractivity contribution in [1.29, 1.82) is 0 Å². The predicted octanol–water partition coefficient (Wildman–Crippen LogP) is 2.67. The van der Waals surface area contributed by atoms with E-state index in [-0.39, 0.29) is 6.04 Å². The van der Waals surface area contributed by atoms with Crippen molar-refractivity contribution in [2.24, 2.45) is 5.73 Å². The van der Waals surface area contributed by atoms with Gasteiger partial charge in [0.25, 0.3) is 0 Å². The van der Waals surface area contributed by atoms with Crippen LogP contribution in [0.25, 0.3) is 0 Å². The van der Waals surface area contributed by atoms with Gasteiger partial charge in [-0.05, 0) is 31.7 Å². The molecule has 108 valence electrons. The van der Waals surface area contributed by atoms with Crippen molar-refractivity contribution in [2.45, 2.75) is 19.5 Å². The number of hydrogen-bond acceptors (Lipinski definition) is 5. The lowest BCUT2D eigenvalue weighted by atomic mass is 10.1. The summed E-state index contributed by atoms with van der Waals surface area (Å²) in [6, 6.07) is 8.31. The van der Waals surface area contributed by atoms with Gasteiger partial charge in [0.1, 0.15) is 5.75 Å². The van der Waals surface area contributed by atoms with Crippen molar-refractivity contribution >= 4 is 11.3 Å². The Labute approximate surface area is 124 Å². The van der Waals surface area contributed by atoms with Gasteiger partial charge in [-0.15, -0.1) is 11.3 Å². The number of hydrogen-bond donors (Lipinski definition) is 1. The molecule has 20 heavy (non-hydrogen) atoms. The largest absolute Gasteiger partial charge is 0.494 e. The summed E-state index contributed by atoms with van der Waals surface area (Å²) in [5.41, 5.74) is 10.1. The molecule has 0 saturated heterocycles. The molecule has 1 heterocycles. The maximum Gasteiger partial charge on any atom is 0.119 e. The summed E-state index contributed by atoms with van der Waals surface area (Å²) >= 11 is 1.62. The minimum Gasteiger partial charge on any atom is -0.494 e. The Morgan fingerprint density at radius 3 is 2.95 bits per heavy atom. The van der Waals surface area contributed by atoms with Gasteiger partial charge >= 0.3 is 0 Å². The van der Waals surface area contributed by atoms with Crippen molar-refractivity contribution in [2.75, 3.05) is 20.2 Å². The summed E-state index contributed by atoms with van der Waals surface area (Å²) in [6.45, 7) is 4.02. The first-order valence-corrected chi connectivity index (χ1v) is 7.69. The van der Waals surface area contributed by atoms with Gasteiger partial charge < -0.3 is 10.5 Å². The lowest BCUT2D eigenvalue weighted by molar-refractivity contribution is 0.238. The normalized spacial score (nSPS) is 12.6. The summed E-state index contributed by atoms with van der Waals surface area (Å²) in [6.07, 6.45) is 0. The van der Waals surface area contributed by atoms with E-state index >= 15 is 0 Å². The third-order valence-electron chi connectivity index (χ3n) is 3.20. The molecular formula is C15H21N3OS. The molecule has 0 amide bonds. The number of aromatic nitrogens is 1. The summed E-state index contributed by atoms with van der Waals surface area (Å²) in [4.78, 5) is 6.55. The monoisotopic (exact) mass is 291 g/mol. The molecule has 0 spiro atoms. The average molecular weight is 291 g/mol. The van der Waals surface area contributed by atoms with Crippen molar-refractivity contribution in [3.8, 4) is 5.75 Å². The first kappa shape index (κ1) is 15.0. The number of ether oxygens (including phenoxy) is 1. The molecule has 1 aromatic heterocycles. The molecule has 0 radical (unpaired) electrons. The minimum absolute atomic E-state index is 0.164. The van der Waals surface area contributed by atoms with E-state index < -0.39 is 0 Å². The van der Waals surface area contributed by atoms with E-state index in [1.807, 2.05) is 24.6 Å². The van der Waals surface area contributed by atoms with Crippen molar-refractivity contribution < 1.29 is 4.74 Å². The Bertz CT molecular complexity index is 516. The SMILES string of the molecule is CCOc1cccc(C(CN)N(C)Cc2cscn2)c1. The van der Waals surface area contributed by atoms with Crippen LogP contribution >= 0.6 is 11.3 Å². The number of thiazole rings is 1. The van der Waals surface area contributed by atoms with Crippen LogP contribution in [0.15, 0.2) is 35.2 Å². The average Bonchev–Trinajstić information content (AvgIpc) is 2.93. The fourth-order valence-corrected chi connectivity index (χ4v) is 2.78. The van der Waals surface area contributed by atoms with Gasteiger partial charge in [-0.1, -0.05) is 12.1 Å². The van der Waals surface area contributed by atoms with Gasteiger partial charge in [-0.25, -0.2) is 4.98 Å². The van der Waals surface area contributed by atoms with Crippen LogP contribution in [-0.4, -0.2) is 30.1 Å². The van der Waals surface area contributed by atoms with Gasteiger partial charge in [0.2, 0.25) is 0 Å². The third-order valence-corrected chi connectivity index (χ3v) is 3.84. The van der Waals surface area contributed by atoms with Crippen LogP contribution in [0.3, 0.4) is 0 Å². The van der Waals surface area contributed by atoms with Gasteiger partial charge in [0.05, 0.1) is 17.8 Å². The van der Waals surface area contributed by atoms with Crippen LogP contribution < -0.4 is 10.5 Å². The molecule has 2 aromatic rings. The molecule has 0 aliphatic heterocycles. The van der Waals surface area contributed by atoms with Gasteiger partial charge in [0, 0.05) is 24.5 Å².